The van der Waals surface area contributed by atoms with Crippen LogP contribution < -0.4 is 0 Å². The van der Waals surface area contributed by atoms with Crippen LogP contribution in [0.15, 0.2) is 0 Å². The van der Waals surface area contributed by atoms with E-state index in [2.05, 4.69) is 11.7 Å². The van der Waals surface area contributed by atoms with Crippen LogP contribution in [0.3, 0.4) is 0 Å². The van der Waals surface area contributed by atoms with E-state index in [0.29, 0.717) is 6.42 Å². The van der Waals surface area contributed by atoms with Gasteiger partial charge in [0.15, 0.2) is 0 Å². The predicted molar refractivity (Wildman–Crippen MR) is 49.7 cm³/mol. The van der Waals surface area contributed by atoms with Crippen molar-refractivity contribution in [2.75, 3.05) is 6.61 Å². The molecule has 0 aliphatic carbocycles. The maximum atomic E-state index is 11.5. The molecule has 0 N–H and O–H groups in total. The molecule has 1 radical (unpaired) electrons. The van der Waals surface area contributed by atoms with Gasteiger partial charge in [-0.3, -0.25) is 4.74 Å². The molecular weight excluding hydrogens is 193 g/mol. The summed E-state index contributed by atoms with van der Waals surface area (Å²) in [4.78, 5) is 0. The molecule has 0 heterocycles. The quantitative estimate of drug-likeness (QED) is 0.549. The van der Waals surface area contributed by atoms with Crippen molar-refractivity contribution in [2.24, 2.45) is 0 Å². The van der Waals surface area contributed by atoms with Gasteiger partial charge in [-0.2, -0.15) is 0 Å². The largest absolute Gasteiger partial charge is 0.522 e. The minimum absolute atomic E-state index is 0.209. The van der Waals surface area contributed by atoms with Crippen LogP contribution in [0, 0.1) is 6.92 Å². The lowest BCUT2D eigenvalue weighted by Gasteiger charge is -2.06. The number of hydrogen-bond acceptors (Lipinski definition) is 1. The first-order valence-corrected chi connectivity index (χ1v) is 5.06. The van der Waals surface area contributed by atoms with Crippen LogP contribution in [0.4, 0.5) is 13.2 Å². The van der Waals surface area contributed by atoms with Gasteiger partial charge in [0.05, 0.1) is 6.61 Å². The fourth-order valence-corrected chi connectivity index (χ4v) is 1.17. The van der Waals surface area contributed by atoms with Crippen molar-refractivity contribution in [1.82, 2.24) is 0 Å². The number of hydrogen-bond donors (Lipinski definition) is 0. The molecule has 0 atom stereocenters. The lowest BCUT2D eigenvalue weighted by atomic mass is 10.1. The molecule has 0 aliphatic rings. The Morgan fingerprint density at radius 3 is 1.86 bits per heavy atom. The third-order valence-corrected chi connectivity index (χ3v) is 1.91. The van der Waals surface area contributed by atoms with E-state index < -0.39 is 6.36 Å². The molecule has 0 aromatic rings. The number of halogens is 3. The molecule has 0 unspecified atom stereocenters. The molecular formula is C10H18F3O. The second kappa shape index (κ2) is 8.09. The highest BCUT2D eigenvalue weighted by molar-refractivity contribution is 4.46. The van der Waals surface area contributed by atoms with Crippen LogP contribution in [0.25, 0.3) is 0 Å². The van der Waals surface area contributed by atoms with Gasteiger partial charge >= 0.3 is 6.36 Å². The van der Waals surface area contributed by atoms with Crippen molar-refractivity contribution in [3.8, 4) is 0 Å². The van der Waals surface area contributed by atoms with Gasteiger partial charge in [0.2, 0.25) is 0 Å². The first-order chi connectivity index (χ1) is 6.56. The predicted octanol–water partition coefficient (Wildman–Crippen LogP) is 4.09. The highest BCUT2D eigenvalue weighted by Gasteiger charge is 2.28. The Bertz CT molecular complexity index is 123. The van der Waals surface area contributed by atoms with E-state index in [1.165, 1.54) is 0 Å². The SMILES string of the molecule is [CH2]CCCCCCCCOC(F)(F)F. The standard InChI is InChI=1S/C10H18F3O/c1-2-3-4-5-6-7-8-9-14-10(11,12)13/h1-9H2. The summed E-state index contributed by atoms with van der Waals surface area (Å²) in [5.74, 6) is 0. The van der Waals surface area contributed by atoms with E-state index >= 15 is 0 Å². The molecule has 0 saturated heterocycles. The lowest BCUT2D eigenvalue weighted by molar-refractivity contribution is -0.324. The van der Waals surface area contributed by atoms with Crippen LogP contribution >= 0.6 is 0 Å². The maximum Gasteiger partial charge on any atom is 0.522 e. The molecule has 0 aliphatic heterocycles. The smallest absolute Gasteiger partial charge is 0.292 e. The second-order valence-corrected chi connectivity index (χ2v) is 3.27. The summed E-state index contributed by atoms with van der Waals surface area (Å²) >= 11 is 0. The Morgan fingerprint density at radius 2 is 1.36 bits per heavy atom. The molecule has 0 saturated carbocycles. The molecule has 0 bridgehead atoms. The van der Waals surface area contributed by atoms with Crippen molar-refractivity contribution < 1.29 is 17.9 Å². The summed E-state index contributed by atoms with van der Waals surface area (Å²) in [5.41, 5.74) is 0. The third-order valence-electron chi connectivity index (χ3n) is 1.91. The second-order valence-electron chi connectivity index (χ2n) is 3.27. The number of alkyl halides is 3. The molecule has 85 valence electrons. The van der Waals surface area contributed by atoms with Crippen molar-refractivity contribution >= 4 is 0 Å². The van der Waals surface area contributed by atoms with Crippen molar-refractivity contribution in [3.05, 3.63) is 6.92 Å². The summed E-state index contributed by atoms with van der Waals surface area (Å²) in [6.45, 7) is 3.51. The summed E-state index contributed by atoms with van der Waals surface area (Å²) in [7, 11) is 0. The van der Waals surface area contributed by atoms with Crippen LogP contribution in [0.2, 0.25) is 0 Å². The fourth-order valence-electron chi connectivity index (χ4n) is 1.17. The molecule has 0 aromatic carbocycles. The molecule has 0 rings (SSSR count). The summed E-state index contributed by atoms with van der Waals surface area (Å²) in [6, 6.07) is 0. The van der Waals surface area contributed by atoms with Gasteiger partial charge in [0.1, 0.15) is 0 Å². The highest BCUT2D eigenvalue weighted by atomic mass is 19.4. The van der Waals surface area contributed by atoms with Crippen LogP contribution in [-0.2, 0) is 4.74 Å². The zero-order valence-electron chi connectivity index (χ0n) is 8.41. The van der Waals surface area contributed by atoms with E-state index in [1.54, 1.807) is 0 Å². The maximum absolute atomic E-state index is 11.5. The van der Waals surface area contributed by atoms with Gasteiger partial charge in [-0.25, -0.2) is 0 Å². The van der Waals surface area contributed by atoms with Crippen molar-refractivity contribution in [2.45, 2.75) is 51.3 Å². The average molecular weight is 211 g/mol. The van der Waals surface area contributed by atoms with Gasteiger partial charge in [-0.15, -0.1) is 13.2 Å². The fraction of sp³-hybridized carbons (Fsp3) is 0.900. The van der Waals surface area contributed by atoms with Gasteiger partial charge in [-0.1, -0.05) is 45.4 Å². The Labute approximate surface area is 83.6 Å². The summed E-state index contributed by atoms with van der Waals surface area (Å²) in [6.07, 6.45) is 2.09. The molecule has 14 heavy (non-hydrogen) atoms. The zero-order valence-corrected chi connectivity index (χ0v) is 8.41. The highest BCUT2D eigenvalue weighted by Crippen LogP contribution is 2.17. The lowest BCUT2D eigenvalue weighted by Crippen LogP contribution is -2.13. The van der Waals surface area contributed by atoms with Crippen LogP contribution in [0.5, 0.6) is 0 Å². The Hall–Kier alpha value is -0.250. The first-order valence-electron chi connectivity index (χ1n) is 5.06. The van der Waals surface area contributed by atoms with Crippen molar-refractivity contribution in [3.63, 3.8) is 0 Å². The molecule has 0 aromatic heterocycles. The topological polar surface area (TPSA) is 9.23 Å². The Morgan fingerprint density at radius 1 is 0.857 bits per heavy atom. The molecule has 4 heteroatoms. The van der Waals surface area contributed by atoms with Crippen molar-refractivity contribution in [1.29, 1.82) is 0 Å². The number of ether oxygens (including phenoxy) is 1. The molecule has 0 fully saturated rings. The van der Waals surface area contributed by atoms with Gasteiger partial charge in [-0.05, 0) is 6.42 Å². The Balaban J connectivity index is 2.99. The minimum atomic E-state index is -4.46. The van der Waals surface area contributed by atoms with Gasteiger partial charge < -0.3 is 0 Å². The first kappa shape index (κ1) is 13.8. The van der Waals surface area contributed by atoms with E-state index in [0.717, 1.165) is 38.5 Å². The normalized spacial score (nSPS) is 12.0. The van der Waals surface area contributed by atoms with Gasteiger partial charge in [0, 0.05) is 0 Å². The van der Waals surface area contributed by atoms with E-state index in [4.69, 9.17) is 0 Å². The summed E-state index contributed by atoms with van der Waals surface area (Å²) in [5, 5.41) is 0. The number of unbranched alkanes of at least 4 members (excludes halogenated alkanes) is 6. The van der Waals surface area contributed by atoms with E-state index in [-0.39, 0.29) is 6.61 Å². The average Bonchev–Trinajstić information content (AvgIpc) is 2.08. The van der Waals surface area contributed by atoms with E-state index in [9.17, 15) is 13.2 Å². The zero-order chi connectivity index (χ0) is 10.9. The van der Waals surface area contributed by atoms with Gasteiger partial charge in [0.25, 0.3) is 0 Å². The third kappa shape index (κ3) is 11.8. The summed E-state index contributed by atoms with van der Waals surface area (Å²) < 4.78 is 38.2. The molecule has 0 spiro atoms. The number of rotatable bonds is 8. The monoisotopic (exact) mass is 211 g/mol. The van der Waals surface area contributed by atoms with Crippen LogP contribution in [0.1, 0.15) is 44.9 Å². The molecule has 1 nitrogen and oxygen atoms in total. The Kier molecular flexibility index (Phi) is 7.95. The molecule has 0 amide bonds. The van der Waals surface area contributed by atoms with E-state index in [1.807, 2.05) is 0 Å². The minimum Gasteiger partial charge on any atom is -0.292 e. The van der Waals surface area contributed by atoms with Crippen LogP contribution in [-0.4, -0.2) is 13.0 Å².